The highest BCUT2D eigenvalue weighted by atomic mass is 16.1. The van der Waals surface area contributed by atoms with Gasteiger partial charge in [-0.15, -0.1) is 0 Å². The van der Waals surface area contributed by atoms with Gasteiger partial charge in [0, 0.05) is 12.0 Å². The monoisotopic (exact) mass is 158 g/mol. The minimum atomic E-state index is 0.488. The van der Waals surface area contributed by atoms with Crippen molar-refractivity contribution in [1.82, 2.24) is 0 Å². The fraction of sp³-hybridized carbons (Fsp3) is 0.200. The lowest BCUT2D eigenvalue weighted by atomic mass is 10.1. The van der Waals surface area contributed by atoms with E-state index < -0.39 is 0 Å². The number of nitriles is 1. The number of nitrogens with zero attached hydrogens (tertiary/aromatic N) is 1. The van der Waals surface area contributed by atoms with Gasteiger partial charge in [0.25, 0.3) is 0 Å². The van der Waals surface area contributed by atoms with Crippen molar-refractivity contribution in [3.63, 3.8) is 0 Å². The normalized spacial score (nSPS) is 8.92. The van der Waals surface area contributed by atoms with Gasteiger partial charge in [-0.25, -0.2) is 0 Å². The molecule has 1 radical (unpaired) electrons. The van der Waals surface area contributed by atoms with Crippen molar-refractivity contribution in [2.45, 2.75) is 12.8 Å². The zero-order chi connectivity index (χ0) is 8.81. The molecule has 1 aromatic carbocycles. The van der Waals surface area contributed by atoms with Crippen LogP contribution in [0.5, 0.6) is 0 Å². The van der Waals surface area contributed by atoms with Crippen LogP contribution >= 0.6 is 0 Å². The fourth-order valence-corrected chi connectivity index (χ4v) is 0.991. The Morgan fingerprint density at radius 3 is 2.92 bits per heavy atom. The quantitative estimate of drug-likeness (QED) is 0.670. The summed E-state index contributed by atoms with van der Waals surface area (Å²) < 4.78 is 0. The third kappa shape index (κ3) is 2.21. The predicted octanol–water partition coefficient (Wildman–Crippen LogP) is 1.60. The van der Waals surface area contributed by atoms with E-state index in [4.69, 9.17) is 5.26 Å². The fourth-order valence-electron chi connectivity index (χ4n) is 0.991. The van der Waals surface area contributed by atoms with Gasteiger partial charge in [0.15, 0.2) is 0 Å². The van der Waals surface area contributed by atoms with Crippen molar-refractivity contribution >= 4 is 6.29 Å². The number of benzene rings is 1. The van der Waals surface area contributed by atoms with Crippen molar-refractivity contribution in [1.29, 1.82) is 5.26 Å². The number of aryl methyl sites for hydroxylation is 1. The molecule has 0 aliphatic rings. The average Bonchev–Trinajstić information content (AvgIpc) is 2.15. The summed E-state index contributed by atoms with van der Waals surface area (Å²) in [5.74, 6) is 0. The lowest BCUT2D eigenvalue weighted by molar-refractivity contribution is 0.562. The Labute approximate surface area is 71.4 Å². The second kappa shape index (κ2) is 4.30. The van der Waals surface area contributed by atoms with Crippen LogP contribution in [0, 0.1) is 11.3 Å². The van der Waals surface area contributed by atoms with Gasteiger partial charge in [0.1, 0.15) is 0 Å². The van der Waals surface area contributed by atoms with Gasteiger partial charge in [-0.3, -0.25) is 4.79 Å². The van der Waals surface area contributed by atoms with Gasteiger partial charge in [-0.1, -0.05) is 18.2 Å². The molecule has 0 atom stereocenters. The van der Waals surface area contributed by atoms with Gasteiger partial charge in [0.2, 0.25) is 6.29 Å². The van der Waals surface area contributed by atoms with Crippen LogP contribution in [0.4, 0.5) is 0 Å². The molecule has 0 aliphatic carbocycles. The molecule has 0 saturated heterocycles. The molecule has 0 bridgehead atoms. The van der Waals surface area contributed by atoms with E-state index in [1.54, 1.807) is 18.2 Å². The predicted molar refractivity (Wildman–Crippen MR) is 45.2 cm³/mol. The lowest BCUT2D eigenvalue weighted by Gasteiger charge is -1.96. The van der Waals surface area contributed by atoms with Gasteiger partial charge in [0.05, 0.1) is 6.07 Å². The summed E-state index contributed by atoms with van der Waals surface area (Å²) in [6, 6.07) is 9.21. The number of carbonyl (C=O) groups excluding carboxylic acids is 1. The molecule has 2 heteroatoms. The molecule has 59 valence electrons. The number of hydrogen-bond acceptors (Lipinski definition) is 2. The lowest BCUT2D eigenvalue weighted by Crippen LogP contribution is -1.86. The standard InChI is InChI=1S/C10H8NO/c11-6-2-5-9-3-1-4-10(7-9)8-12/h1,3-4,7H,2,5H2. The summed E-state index contributed by atoms with van der Waals surface area (Å²) in [6.45, 7) is 0. The highest BCUT2D eigenvalue weighted by Crippen LogP contribution is 2.05. The van der Waals surface area contributed by atoms with Crippen molar-refractivity contribution in [2.24, 2.45) is 0 Å². The van der Waals surface area contributed by atoms with Crippen LogP contribution in [-0.2, 0) is 11.2 Å². The van der Waals surface area contributed by atoms with Gasteiger partial charge >= 0.3 is 0 Å². The van der Waals surface area contributed by atoms with Crippen molar-refractivity contribution in [3.8, 4) is 6.07 Å². The molecular weight excluding hydrogens is 150 g/mol. The maximum Gasteiger partial charge on any atom is 0.233 e. The minimum absolute atomic E-state index is 0.488. The summed E-state index contributed by atoms with van der Waals surface area (Å²) >= 11 is 0. The van der Waals surface area contributed by atoms with Crippen LogP contribution in [0.15, 0.2) is 24.3 Å². The van der Waals surface area contributed by atoms with Crippen molar-refractivity contribution in [2.75, 3.05) is 0 Å². The Balaban J connectivity index is 2.74. The van der Waals surface area contributed by atoms with Crippen LogP contribution in [0.1, 0.15) is 17.5 Å². The van der Waals surface area contributed by atoms with Crippen LogP contribution in [0.3, 0.4) is 0 Å². The molecule has 1 aromatic rings. The summed E-state index contributed by atoms with van der Waals surface area (Å²) in [5.41, 5.74) is 1.56. The van der Waals surface area contributed by atoms with Crippen molar-refractivity contribution in [3.05, 3.63) is 35.4 Å². The Bertz CT molecular complexity index is 312. The molecule has 0 fully saturated rings. The topological polar surface area (TPSA) is 40.9 Å². The first-order valence-electron chi connectivity index (χ1n) is 3.71. The highest BCUT2D eigenvalue weighted by molar-refractivity contribution is 5.75. The maximum atomic E-state index is 10.2. The molecule has 0 aromatic heterocycles. The second-order valence-electron chi connectivity index (χ2n) is 2.46. The van der Waals surface area contributed by atoms with Gasteiger partial charge < -0.3 is 0 Å². The SMILES string of the molecule is N#CCCc1cccc([C]=O)c1. The van der Waals surface area contributed by atoms with E-state index in [9.17, 15) is 4.79 Å². The highest BCUT2D eigenvalue weighted by Gasteiger charge is 1.94. The minimum Gasteiger partial charge on any atom is -0.285 e. The van der Waals surface area contributed by atoms with E-state index in [-0.39, 0.29) is 0 Å². The van der Waals surface area contributed by atoms with E-state index in [0.717, 1.165) is 5.56 Å². The summed E-state index contributed by atoms with van der Waals surface area (Å²) in [5, 5.41) is 8.33. The Morgan fingerprint density at radius 1 is 1.42 bits per heavy atom. The molecular formula is C10H8NO. The average molecular weight is 158 g/mol. The first kappa shape index (κ1) is 8.48. The third-order valence-electron chi connectivity index (χ3n) is 1.57. The van der Waals surface area contributed by atoms with Crippen LogP contribution < -0.4 is 0 Å². The number of rotatable bonds is 3. The first-order chi connectivity index (χ1) is 5.86. The molecule has 0 N–H and O–H groups in total. The molecule has 1 rings (SSSR count). The summed E-state index contributed by atoms with van der Waals surface area (Å²) in [7, 11) is 0. The molecule has 0 spiro atoms. The molecule has 0 aliphatic heterocycles. The Hall–Kier alpha value is -1.62. The largest absolute Gasteiger partial charge is 0.285 e. The Morgan fingerprint density at radius 2 is 2.25 bits per heavy atom. The van der Waals surface area contributed by atoms with E-state index in [1.807, 2.05) is 12.4 Å². The maximum absolute atomic E-state index is 10.2. The first-order valence-corrected chi connectivity index (χ1v) is 3.71. The smallest absolute Gasteiger partial charge is 0.233 e. The zero-order valence-corrected chi connectivity index (χ0v) is 6.58. The summed E-state index contributed by atoms with van der Waals surface area (Å²) in [4.78, 5) is 10.2. The van der Waals surface area contributed by atoms with Crippen LogP contribution in [0.2, 0.25) is 0 Å². The summed E-state index contributed by atoms with van der Waals surface area (Å²) in [6.07, 6.45) is 3.00. The molecule has 0 unspecified atom stereocenters. The molecule has 2 nitrogen and oxygen atoms in total. The van der Waals surface area contributed by atoms with E-state index in [2.05, 4.69) is 6.07 Å². The Kier molecular flexibility index (Phi) is 3.04. The van der Waals surface area contributed by atoms with E-state index >= 15 is 0 Å². The van der Waals surface area contributed by atoms with E-state index in [0.29, 0.717) is 18.4 Å². The van der Waals surface area contributed by atoms with Crippen LogP contribution in [0.25, 0.3) is 0 Å². The molecule has 0 saturated carbocycles. The zero-order valence-electron chi connectivity index (χ0n) is 6.58. The third-order valence-corrected chi connectivity index (χ3v) is 1.57. The van der Waals surface area contributed by atoms with Gasteiger partial charge in [-0.05, 0) is 18.1 Å². The van der Waals surface area contributed by atoms with Gasteiger partial charge in [-0.2, -0.15) is 5.26 Å². The van der Waals surface area contributed by atoms with Crippen LogP contribution in [-0.4, -0.2) is 6.29 Å². The van der Waals surface area contributed by atoms with Crippen molar-refractivity contribution < 1.29 is 4.79 Å². The second-order valence-corrected chi connectivity index (χ2v) is 2.46. The van der Waals surface area contributed by atoms with E-state index in [1.165, 1.54) is 0 Å². The molecule has 12 heavy (non-hydrogen) atoms. The molecule has 0 heterocycles. The molecule has 0 amide bonds. The number of hydrogen-bond donors (Lipinski definition) is 0.